The lowest BCUT2D eigenvalue weighted by Crippen LogP contribution is -2.52. The van der Waals surface area contributed by atoms with E-state index in [0.29, 0.717) is 0 Å². The molecule has 0 aromatic heterocycles. The van der Waals surface area contributed by atoms with Gasteiger partial charge in [-0.25, -0.2) is 0 Å². The fraction of sp³-hybridized carbons (Fsp3) is 0.933. The number of amides is 1. The number of nitrogens with one attached hydrogen (secondary N) is 1. The van der Waals surface area contributed by atoms with Crippen LogP contribution in [-0.2, 0) is 4.79 Å². The first-order valence-corrected chi connectivity index (χ1v) is 8.67. The molecule has 1 fully saturated rings. The van der Waals surface area contributed by atoms with E-state index >= 15 is 0 Å². The molecular formula is C15H28BrNO. The van der Waals surface area contributed by atoms with Crippen LogP contribution in [0.15, 0.2) is 0 Å². The van der Waals surface area contributed by atoms with Crippen LogP contribution in [0.3, 0.4) is 0 Å². The molecule has 0 saturated heterocycles. The van der Waals surface area contributed by atoms with Gasteiger partial charge in [0.15, 0.2) is 0 Å². The maximum atomic E-state index is 12.4. The first kappa shape index (κ1) is 16.0. The van der Waals surface area contributed by atoms with E-state index in [0.717, 1.165) is 37.4 Å². The molecule has 0 radical (unpaired) electrons. The number of unbranched alkanes of at least 4 members (excludes halogenated alkanes) is 1. The van der Waals surface area contributed by atoms with Crippen molar-refractivity contribution in [3.63, 3.8) is 0 Å². The predicted molar refractivity (Wildman–Crippen MR) is 81.1 cm³/mol. The summed E-state index contributed by atoms with van der Waals surface area (Å²) in [6.07, 6.45) is 10.4. The molecule has 1 saturated carbocycles. The zero-order valence-corrected chi connectivity index (χ0v) is 13.5. The van der Waals surface area contributed by atoms with Crippen molar-refractivity contribution in [2.24, 2.45) is 5.92 Å². The van der Waals surface area contributed by atoms with E-state index in [1.807, 2.05) is 0 Å². The Morgan fingerprint density at radius 1 is 1.28 bits per heavy atom. The van der Waals surface area contributed by atoms with Crippen molar-refractivity contribution in [1.29, 1.82) is 0 Å². The van der Waals surface area contributed by atoms with Crippen LogP contribution in [-0.4, -0.2) is 16.8 Å². The van der Waals surface area contributed by atoms with E-state index in [1.165, 1.54) is 25.7 Å². The number of hydrogen-bond acceptors (Lipinski definition) is 1. The molecule has 1 amide bonds. The Morgan fingerprint density at radius 2 is 1.94 bits per heavy atom. The van der Waals surface area contributed by atoms with Crippen LogP contribution in [0.1, 0.15) is 71.6 Å². The predicted octanol–water partition coefficient (Wildman–Crippen LogP) is 4.42. The molecule has 1 atom stereocenters. The van der Waals surface area contributed by atoms with Crippen LogP contribution in [0, 0.1) is 5.92 Å². The lowest BCUT2D eigenvalue weighted by Gasteiger charge is -2.37. The van der Waals surface area contributed by atoms with Crippen LogP contribution in [0.4, 0.5) is 0 Å². The highest BCUT2D eigenvalue weighted by atomic mass is 79.9. The minimum absolute atomic E-state index is 0.0367. The average Bonchev–Trinajstić information content (AvgIpc) is 2.40. The third-order valence-electron chi connectivity index (χ3n) is 4.22. The minimum Gasteiger partial charge on any atom is -0.350 e. The Labute approximate surface area is 120 Å². The highest BCUT2D eigenvalue weighted by molar-refractivity contribution is 9.09. The van der Waals surface area contributed by atoms with Crippen molar-refractivity contribution in [1.82, 2.24) is 5.32 Å². The molecule has 0 aliphatic heterocycles. The molecule has 0 spiro atoms. The van der Waals surface area contributed by atoms with Crippen molar-refractivity contribution in [3.05, 3.63) is 0 Å². The van der Waals surface area contributed by atoms with Crippen LogP contribution in [0.2, 0.25) is 0 Å². The summed E-state index contributed by atoms with van der Waals surface area (Å²) in [5.74, 6) is 0.495. The average molecular weight is 318 g/mol. The Kier molecular flexibility index (Phi) is 7.28. The van der Waals surface area contributed by atoms with Gasteiger partial charge >= 0.3 is 0 Å². The molecule has 1 aliphatic rings. The largest absolute Gasteiger partial charge is 0.350 e. The molecule has 1 N–H and O–H groups in total. The van der Waals surface area contributed by atoms with Gasteiger partial charge in [-0.3, -0.25) is 4.79 Å². The fourth-order valence-corrected chi connectivity index (χ4v) is 3.56. The van der Waals surface area contributed by atoms with E-state index < -0.39 is 0 Å². The fourth-order valence-electron chi connectivity index (χ4n) is 2.86. The Bertz CT molecular complexity index is 249. The van der Waals surface area contributed by atoms with Crippen LogP contribution in [0.25, 0.3) is 0 Å². The Hall–Kier alpha value is -0.0500. The van der Waals surface area contributed by atoms with Crippen molar-refractivity contribution >= 4 is 21.8 Å². The summed E-state index contributed by atoms with van der Waals surface area (Å²) in [6.45, 7) is 4.31. The number of carbonyl (C=O) groups excluding carboxylic acids is 1. The van der Waals surface area contributed by atoms with Gasteiger partial charge in [-0.2, -0.15) is 0 Å². The number of rotatable bonds is 7. The van der Waals surface area contributed by atoms with Crippen LogP contribution < -0.4 is 5.32 Å². The van der Waals surface area contributed by atoms with Gasteiger partial charge in [0.2, 0.25) is 5.91 Å². The maximum absolute atomic E-state index is 12.4. The monoisotopic (exact) mass is 317 g/mol. The van der Waals surface area contributed by atoms with Gasteiger partial charge in [-0.05, 0) is 25.7 Å². The second-order valence-electron chi connectivity index (χ2n) is 5.71. The van der Waals surface area contributed by atoms with Gasteiger partial charge in [0, 0.05) is 16.8 Å². The number of carbonyl (C=O) groups is 1. The summed E-state index contributed by atoms with van der Waals surface area (Å²) in [5.41, 5.74) is 0.0367. The van der Waals surface area contributed by atoms with Gasteiger partial charge in [-0.15, -0.1) is 0 Å². The second-order valence-corrected chi connectivity index (χ2v) is 6.27. The maximum Gasteiger partial charge on any atom is 0.223 e. The molecule has 2 nitrogen and oxygen atoms in total. The Balaban J connectivity index is 2.53. The van der Waals surface area contributed by atoms with E-state index in [9.17, 15) is 4.79 Å². The smallest absolute Gasteiger partial charge is 0.223 e. The van der Waals surface area contributed by atoms with Crippen molar-refractivity contribution in [2.45, 2.75) is 77.2 Å². The molecule has 0 aromatic rings. The molecular weight excluding hydrogens is 290 g/mol. The van der Waals surface area contributed by atoms with Gasteiger partial charge in [0.1, 0.15) is 0 Å². The summed E-state index contributed by atoms with van der Waals surface area (Å²) in [4.78, 5) is 12.4. The number of alkyl halides is 1. The van der Waals surface area contributed by atoms with Crippen molar-refractivity contribution in [3.8, 4) is 0 Å². The number of halogens is 1. The van der Waals surface area contributed by atoms with Crippen LogP contribution in [0.5, 0.6) is 0 Å². The quantitative estimate of drug-likeness (QED) is 0.692. The van der Waals surface area contributed by atoms with Crippen molar-refractivity contribution in [2.75, 3.05) is 5.33 Å². The highest BCUT2D eigenvalue weighted by Gasteiger charge is 2.33. The second kappa shape index (κ2) is 8.19. The molecule has 1 unspecified atom stereocenters. The highest BCUT2D eigenvalue weighted by Crippen LogP contribution is 2.30. The minimum atomic E-state index is 0.0367. The zero-order chi connectivity index (χ0) is 13.4. The molecule has 3 heteroatoms. The van der Waals surface area contributed by atoms with E-state index in [1.54, 1.807) is 0 Å². The molecule has 1 rings (SSSR count). The third-order valence-corrected chi connectivity index (χ3v) is 5.30. The molecule has 0 heterocycles. The molecule has 1 aliphatic carbocycles. The normalized spacial score (nSPS) is 20.4. The molecule has 0 bridgehead atoms. The lowest BCUT2D eigenvalue weighted by atomic mass is 9.82. The standard InChI is InChI=1S/C15H28BrNO/c1-3-5-9-13(4-2)14(18)17-15(12-16)10-7-6-8-11-15/h13H,3-12H2,1-2H3,(H,17,18). The Morgan fingerprint density at radius 3 is 2.44 bits per heavy atom. The lowest BCUT2D eigenvalue weighted by molar-refractivity contribution is -0.127. The van der Waals surface area contributed by atoms with Crippen LogP contribution >= 0.6 is 15.9 Å². The van der Waals surface area contributed by atoms with E-state index in [2.05, 4.69) is 35.1 Å². The number of hydrogen-bond donors (Lipinski definition) is 1. The summed E-state index contributed by atoms with van der Waals surface area (Å²) in [7, 11) is 0. The molecule has 106 valence electrons. The third kappa shape index (κ3) is 4.56. The topological polar surface area (TPSA) is 29.1 Å². The van der Waals surface area contributed by atoms with Gasteiger partial charge in [-0.1, -0.05) is 61.9 Å². The van der Waals surface area contributed by atoms with E-state index in [4.69, 9.17) is 0 Å². The van der Waals surface area contributed by atoms with E-state index in [-0.39, 0.29) is 17.4 Å². The van der Waals surface area contributed by atoms with Gasteiger partial charge in [0.05, 0.1) is 0 Å². The van der Waals surface area contributed by atoms with Gasteiger partial charge in [0.25, 0.3) is 0 Å². The summed E-state index contributed by atoms with van der Waals surface area (Å²) >= 11 is 3.61. The first-order chi connectivity index (χ1) is 8.67. The van der Waals surface area contributed by atoms with Crippen molar-refractivity contribution < 1.29 is 4.79 Å². The first-order valence-electron chi connectivity index (χ1n) is 7.55. The molecule has 18 heavy (non-hydrogen) atoms. The summed E-state index contributed by atoms with van der Waals surface area (Å²) in [6, 6.07) is 0. The zero-order valence-electron chi connectivity index (χ0n) is 11.9. The summed E-state index contributed by atoms with van der Waals surface area (Å²) < 4.78 is 0. The van der Waals surface area contributed by atoms with Gasteiger partial charge < -0.3 is 5.32 Å². The SMILES string of the molecule is CCCCC(CC)C(=O)NC1(CBr)CCCCC1. The molecule has 0 aromatic carbocycles. The summed E-state index contributed by atoms with van der Waals surface area (Å²) in [5, 5.41) is 4.25.